The maximum absolute atomic E-state index is 5.64. The van der Waals surface area contributed by atoms with Crippen molar-refractivity contribution in [3.05, 3.63) is 30.3 Å². The van der Waals surface area contributed by atoms with Gasteiger partial charge in [0, 0.05) is 45.5 Å². The van der Waals surface area contributed by atoms with E-state index in [9.17, 15) is 0 Å². The first-order valence-electron chi connectivity index (χ1n) is 8.71. The van der Waals surface area contributed by atoms with Crippen LogP contribution in [0.5, 0.6) is 0 Å². The van der Waals surface area contributed by atoms with Gasteiger partial charge in [0.1, 0.15) is 0 Å². The van der Waals surface area contributed by atoms with E-state index in [-0.39, 0.29) is 24.0 Å². The van der Waals surface area contributed by atoms with E-state index in [4.69, 9.17) is 4.74 Å². The quantitative estimate of drug-likeness (QED) is 0.416. The molecule has 2 N–H and O–H groups in total. The standard InChI is InChI=1S/C18H28N4O.HI/c1-19-18(21-13-17-8-5-11-23-17)20-12-15-9-10-22(14-15)16-6-3-2-4-7-16;/h2-4,6-7,15,17H,5,8-14H2,1H3,(H2,19,20,21);1H. The molecule has 0 amide bonds. The van der Waals surface area contributed by atoms with Crippen LogP contribution in [0.1, 0.15) is 19.3 Å². The summed E-state index contributed by atoms with van der Waals surface area (Å²) in [5.41, 5.74) is 1.33. The van der Waals surface area contributed by atoms with Crippen molar-refractivity contribution in [3.8, 4) is 0 Å². The summed E-state index contributed by atoms with van der Waals surface area (Å²) in [6, 6.07) is 10.7. The molecule has 0 aromatic heterocycles. The summed E-state index contributed by atoms with van der Waals surface area (Å²) in [7, 11) is 1.83. The van der Waals surface area contributed by atoms with Crippen LogP contribution < -0.4 is 15.5 Å². The van der Waals surface area contributed by atoms with Gasteiger partial charge in [0.25, 0.3) is 0 Å². The number of nitrogens with zero attached hydrogens (tertiary/aromatic N) is 2. The van der Waals surface area contributed by atoms with E-state index in [1.54, 1.807) is 0 Å². The minimum Gasteiger partial charge on any atom is -0.376 e. The molecule has 2 atom stereocenters. The van der Waals surface area contributed by atoms with Gasteiger partial charge in [0.05, 0.1) is 6.10 Å². The van der Waals surface area contributed by atoms with Crippen LogP contribution in [0.3, 0.4) is 0 Å². The van der Waals surface area contributed by atoms with Crippen molar-refractivity contribution in [1.29, 1.82) is 0 Å². The highest BCUT2D eigenvalue weighted by atomic mass is 127. The fourth-order valence-electron chi connectivity index (χ4n) is 3.35. The number of benzene rings is 1. The van der Waals surface area contributed by atoms with Gasteiger partial charge < -0.3 is 20.3 Å². The maximum atomic E-state index is 5.64. The zero-order chi connectivity index (χ0) is 15.9. The Hall–Kier alpha value is -1.02. The summed E-state index contributed by atoms with van der Waals surface area (Å²) in [6.45, 7) is 4.96. The third-order valence-electron chi connectivity index (χ3n) is 4.71. The number of ether oxygens (including phenoxy) is 1. The highest BCUT2D eigenvalue weighted by Crippen LogP contribution is 2.22. The summed E-state index contributed by atoms with van der Waals surface area (Å²) in [5, 5.41) is 6.84. The lowest BCUT2D eigenvalue weighted by Crippen LogP contribution is -2.43. The second kappa shape index (κ2) is 10.1. The molecule has 0 radical (unpaired) electrons. The van der Waals surface area contributed by atoms with Crippen molar-refractivity contribution >= 4 is 35.6 Å². The largest absolute Gasteiger partial charge is 0.376 e. The van der Waals surface area contributed by atoms with Gasteiger partial charge >= 0.3 is 0 Å². The molecule has 2 aliphatic heterocycles. The molecule has 0 aliphatic carbocycles. The molecule has 2 heterocycles. The van der Waals surface area contributed by atoms with E-state index in [1.165, 1.54) is 18.5 Å². The molecule has 24 heavy (non-hydrogen) atoms. The summed E-state index contributed by atoms with van der Waals surface area (Å²) < 4.78 is 5.64. The highest BCUT2D eigenvalue weighted by Gasteiger charge is 2.23. The number of anilines is 1. The molecule has 1 aromatic rings. The lowest BCUT2D eigenvalue weighted by molar-refractivity contribution is 0.114. The van der Waals surface area contributed by atoms with Crippen LogP contribution in [0.15, 0.2) is 35.3 Å². The van der Waals surface area contributed by atoms with Crippen molar-refractivity contribution in [2.45, 2.75) is 25.4 Å². The number of nitrogens with one attached hydrogen (secondary N) is 2. The Balaban J connectivity index is 0.00000208. The molecule has 3 rings (SSSR count). The Labute approximate surface area is 162 Å². The van der Waals surface area contributed by atoms with Crippen molar-refractivity contribution in [2.24, 2.45) is 10.9 Å². The first-order valence-corrected chi connectivity index (χ1v) is 8.71. The Kier molecular flexibility index (Phi) is 8.11. The third kappa shape index (κ3) is 5.51. The maximum Gasteiger partial charge on any atom is 0.191 e. The molecule has 2 saturated heterocycles. The van der Waals surface area contributed by atoms with Gasteiger partial charge in [0.2, 0.25) is 0 Å². The van der Waals surface area contributed by atoms with Crippen LogP contribution in [0.25, 0.3) is 0 Å². The van der Waals surface area contributed by atoms with E-state index in [2.05, 4.69) is 50.9 Å². The molecule has 0 saturated carbocycles. The normalized spacial score (nSPS) is 23.9. The molecular weight excluding hydrogens is 415 g/mol. The average molecular weight is 444 g/mol. The molecule has 2 aliphatic rings. The number of hydrogen-bond acceptors (Lipinski definition) is 3. The minimum absolute atomic E-state index is 0. The van der Waals surface area contributed by atoms with Crippen molar-refractivity contribution in [1.82, 2.24) is 10.6 Å². The average Bonchev–Trinajstić information content (AvgIpc) is 3.27. The van der Waals surface area contributed by atoms with Gasteiger partial charge in [0.15, 0.2) is 5.96 Å². The lowest BCUT2D eigenvalue weighted by Gasteiger charge is -2.20. The van der Waals surface area contributed by atoms with Crippen LogP contribution in [0, 0.1) is 5.92 Å². The van der Waals surface area contributed by atoms with E-state index in [1.807, 2.05) is 7.05 Å². The zero-order valence-corrected chi connectivity index (χ0v) is 16.7. The molecule has 2 unspecified atom stereocenters. The molecule has 1 aromatic carbocycles. The topological polar surface area (TPSA) is 48.9 Å². The van der Waals surface area contributed by atoms with Crippen molar-refractivity contribution in [2.75, 3.05) is 44.7 Å². The molecule has 134 valence electrons. The van der Waals surface area contributed by atoms with Gasteiger partial charge in [-0.05, 0) is 37.3 Å². The van der Waals surface area contributed by atoms with Crippen LogP contribution >= 0.6 is 24.0 Å². The van der Waals surface area contributed by atoms with E-state index in [0.29, 0.717) is 12.0 Å². The SMILES string of the molecule is CN=C(NCC1CCN(c2ccccc2)C1)NCC1CCCO1.I. The first kappa shape index (κ1) is 19.3. The summed E-state index contributed by atoms with van der Waals surface area (Å²) in [6.07, 6.45) is 3.90. The molecule has 6 heteroatoms. The monoisotopic (exact) mass is 444 g/mol. The first-order chi connectivity index (χ1) is 11.3. The van der Waals surface area contributed by atoms with Gasteiger partial charge in [-0.2, -0.15) is 0 Å². The Morgan fingerprint density at radius 3 is 2.71 bits per heavy atom. The molecule has 0 bridgehead atoms. The zero-order valence-electron chi connectivity index (χ0n) is 14.4. The van der Waals surface area contributed by atoms with E-state index in [0.717, 1.165) is 45.2 Å². The number of rotatable bonds is 5. The number of hydrogen-bond donors (Lipinski definition) is 2. The molecule has 5 nitrogen and oxygen atoms in total. The van der Waals surface area contributed by atoms with Gasteiger partial charge in [-0.1, -0.05) is 18.2 Å². The lowest BCUT2D eigenvalue weighted by atomic mass is 10.1. The van der Waals surface area contributed by atoms with Crippen LogP contribution in [-0.2, 0) is 4.74 Å². The number of aliphatic imine (C=N–C) groups is 1. The minimum atomic E-state index is 0. The van der Waals surface area contributed by atoms with Crippen molar-refractivity contribution in [3.63, 3.8) is 0 Å². The third-order valence-corrected chi connectivity index (χ3v) is 4.71. The van der Waals surface area contributed by atoms with Gasteiger partial charge in [-0.25, -0.2) is 0 Å². The Morgan fingerprint density at radius 1 is 1.21 bits per heavy atom. The second-order valence-electron chi connectivity index (χ2n) is 6.41. The van der Waals surface area contributed by atoms with E-state index >= 15 is 0 Å². The van der Waals surface area contributed by atoms with Gasteiger partial charge in [-0.3, -0.25) is 4.99 Å². The smallest absolute Gasteiger partial charge is 0.191 e. The fraction of sp³-hybridized carbons (Fsp3) is 0.611. The van der Waals surface area contributed by atoms with Crippen LogP contribution in [0.2, 0.25) is 0 Å². The molecule has 0 spiro atoms. The molecular formula is C18H29IN4O. The van der Waals surface area contributed by atoms with Crippen LogP contribution in [0.4, 0.5) is 5.69 Å². The highest BCUT2D eigenvalue weighted by molar-refractivity contribution is 14.0. The summed E-state index contributed by atoms with van der Waals surface area (Å²) >= 11 is 0. The Morgan fingerprint density at radius 2 is 2.00 bits per heavy atom. The second-order valence-corrected chi connectivity index (χ2v) is 6.41. The predicted molar refractivity (Wildman–Crippen MR) is 111 cm³/mol. The number of para-hydroxylation sites is 1. The summed E-state index contributed by atoms with van der Waals surface area (Å²) in [4.78, 5) is 6.78. The van der Waals surface area contributed by atoms with E-state index < -0.39 is 0 Å². The number of guanidine groups is 1. The Bertz CT molecular complexity index is 505. The fourth-order valence-corrected chi connectivity index (χ4v) is 3.35. The summed E-state index contributed by atoms with van der Waals surface area (Å²) in [5.74, 6) is 1.55. The number of halogens is 1. The van der Waals surface area contributed by atoms with Gasteiger partial charge in [-0.15, -0.1) is 24.0 Å². The molecule has 2 fully saturated rings. The van der Waals surface area contributed by atoms with Crippen LogP contribution in [-0.4, -0.2) is 51.9 Å². The van der Waals surface area contributed by atoms with Crippen molar-refractivity contribution < 1.29 is 4.74 Å². The predicted octanol–water partition coefficient (Wildman–Crippen LogP) is 2.47.